The smallest absolute Gasteiger partial charge is 0.253 e. The molecule has 1 aliphatic carbocycles. The molecule has 31 heavy (non-hydrogen) atoms. The first kappa shape index (κ1) is 24.1. The number of hydrogen-bond acceptors (Lipinski definition) is 4. The van der Waals surface area contributed by atoms with Crippen molar-refractivity contribution in [2.24, 2.45) is 5.92 Å². The molecule has 0 spiro atoms. The van der Waals surface area contributed by atoms with Crippen LogP contribution in [0.5, 0.6) is 0 Å². The monoisotopic (exact) mass is 453 g/mol. The third-order valence-corrected chi connectivity index (χ3v) is 8.33. The lowest BCUT2D eigenvalue weighted by Gasteiger charge is -2.31. The average Bonchev–Trinajstić information content (AvgIpc) is 2.77. The first-order chi connectivity index (χ1) is 14.8. The fraction of sp³-hybridized carbons (Fsp3) is 0.696. The van der Waals surface area contributed by atoms with Gasteiger partial charge in [0.1, 0.15) is 10.7 Å². The predicted molar refractivity (Wildman–Crippen MR) is 120 cm³/mol. The molecule has 3 rings (SSSR count). The molecule has 0 bridgehead atoms. The van der Waals surface area contributed by atoms with Gasteiger partial charge in [-0.1, -0.05) is 25.7 Å². The molecule has 0 radical (unpaired) electrons. The molecule has 0 unspecified atom stereocenters. The number of piperidine rings is 1. The fourth-order valence-corrected chi connectivity index (χ4v) is 6.15. The predicted octanol–water partition coefficient (Wildman–Crippen LogP) is 3.58. The van der Waals surface area contributed by atoms with Crippen LogP contribution in [0.1, 0.15) is 61.7 Å². The van der Waals surface area contributed by atoms with Crippen LogP contribution in [0.2, 0.25) is 0 Å². The van der Waals surface area contributed by atoms with Gasteiger partial charge in [0.15, 0.2) is 0 Å². The van der Waals surface area contributed by atoms with Crippen molar-refractivity contribution in [1.82, 2.24) is 14.1 Å². The van der Waals surface area contributed by atoms with Gasteiger partial charge < -0.3 is 9.80 Å². The maximum atomic E-state index is 14.6. The van der Waals surface area contributed by atoms with Crippen molar-refractivity contribution in [3.63, 3.8) is 0 Å². The standard InChI is InChI=1S/C23H36FN3O3S/c1-25(2)15-16-26(18-19-9-5-3-6-10-19)23(28)20-11-12-21(24)22(17-20)31(29,30)27-13-7-4-8-14-27/h11-12,17,19H,3-10,13-16,18H2,1-2H3. The second-order valence-corrected chi connectivity index (χ2v) is 11.1. The number of likely N-dealkylation sites (N-methyl/N-ethyl adjacent to an activating group) is 1. The summed E-state index contributed by atoms with van der Waals surface area (Å²) in [5, 5.41) is 0. The van der Waals surface area contributed by atoms with E-state index in [1.807, 2.05) is 23.9 Å². The van der Waals surface area contributed by atoms with E-state index in [0.29, 0.717) is 32.1 Å². The minimum atomic E-state index is -3.95. The highest BCUT2D eigenvalue weighted by Gasteiger charge is 2.30. The van der Waals surface area contributed by atoms with Gasteiger partial charge in [0.05, 0.1) is 0 Å². The van der Waals surface area contributed by atoms with Gasteiger partial charge in [-0.05, 0) is 63.9 Å². The van der Waals surface area contributed by atoms with Gasteiger partial charge in [0.25, 0.3) is 5.91 Å². The zero-order valence-electron chi connectivity index (χ0n) is 18.9. The van der Waals surface area contributed by atoms with E-state index in [-0.39, 0.29) is 16.4 Å². The summed E-state index contributed by atoms with van der Waals surface area (Å²) in [7, 11) is -0.0225. The van der Waals surface area contributed by atoms with Crippen molar-refractivity contribution in [3.05, 3.63) is 29.6 Å². The van der Waals surface area contributed by atoms with Gasteiger partial charge >= 0.3 is 0 Å². The Kier molecular flexibility index (Phi) is 8.47. The lowest BCUT2D eigenvalue weighted by molar-refractivity contribution is 0.0701. The highest BCUT2D eigenvalue weighted by atomic mass is 32.2. The SMILES string of the molecule is CN(C)CCN(CC1CCCCC1)C(=O)c1ccc(F)c(S(=O)(=O)N2CCCCC2)c1. The van der Waals surface area contributed by atoms with E-state index in [4.69, 9.17) is 0 Å². The molecule has 2 aliphatic rings. The van der Waals surface area contributed by atoms with Gasteiger partial charge in [0.2, 0.25) is 10.0 Å². The van der Waals surface area contributed by atoms with Crippen LogP contribution in [0.25, 0.3) is 0 Å². The number of amides is 1. The number of carbonyl (C=O) groups is 1. The number of sulfonamides is 1. The molecule has 0 N–H and O–H groups in total. The third-order valence-electron chi connectivity index (χ3n) is 6.42. The minimum absolute atomic E-state index is 0.220. The summed E-state index contributed by atoms with van der Waals surface area (Å²) < 4.78 is 42.0. The second-order valence-electron chi connectivity index (χ2n) is 9.17. The fourth-order valence-electron chi connectivity index (χ4n) is 4.54. The topological polar surface area (TPSA) is 60.9 Å². The largest absolute Gasteiger partial charge is 0.337 e. The summed E-state index contributed by atoms with van der Waals surface area (Å²) in [6, 6.07) is 3.77. The summed E-state index contributed by atoms with van der Waals surface area (Å²) in [4.78, 5) is 16.8. The highest BCUT2D eigenvalue weighted by molar-refractivity contribution is 7.89. The van der Waals surface area contributed by atoms with E-state index >= 15 is 0 Å². The summed E-state index contributed by atoms with van der Waals surface area (Å²) in [6.07, 6.45) is 8.39. The van der Waals surface area contributed by atoms with Crippen LogP contribution in [-0.2, 0) is 10.0 Å². The Hall–Kier alpha value is -1.51. The van der Waals surface area contributed by atoms with E-state index in [0.717, 1.165) is 44.7 Å². The lowest BCUT2D eigenvalue weighted by atomic mass is 9.89. The Morgan fingerprint density at radius 3 is 2.32 bits per heavy atom. The molecule has 174 valence electrons. The van der Waals surface area contributed by atoms with Gasteiger partial charge in [-0.2, -0.15) is 4.31 Å². The van der Waals surface area contributed by atoms with Gasteiger partial charge in [0, 0.05) is 38.3 Å². The van der Waals surface area contributed by atoms with Crippen LogP contribution in [0.3, 0.4) is 0 Å². The van der Waals surface area contributed by atoms with Gasteiger partial charge in [-0.15, -0.1) is 0 Å². The molecule has 0 aromatic heterocycles. The van der Waals surface area contributed by atoms with Crippen LogP contribution < -0.4 is 0 Å². The summed E-state index contributed by atoms with van der Waals surface area (Å²) in [5.41, 5.74) is 0.242. The maximum Gasteiger partial charge on any atom is 0.253 e. The van der Waals surface area contributed by atoms with Crippen molar-refractivity contribution >= 4 is 15.9 Å². The Morgan fingerprint density at radius 1 is 1.03 bits per heavy atom. The summed E-state index contributed by atoms with van der Waals surface area (Å²) in [6.45, 7) is 2.75. The Bertz CT molecular complexity index is 848. The van der Waals surface area contributed by atoms with Crippen LogP contribution in [-0.4, -0.2) is 75.2 Å². The Labute approximate surface area is 186 Å². The molecule has 1 aromatic carbocycles. The Morgan fingerprint density at radius 2 is 1.68 bits per heavy atom. The molecule has 0 atom stereocenters. The average molecular weight is 454 g/mol. The molecule has 1 amide bonds. The molecular weight excluding hydrogens is 417 g/mol. The first-order valence-corrected chi connectivity index (χ1v) is 13.0. The van der Waals surface area contributed by atoms with Crippen molar-refractivity contribution in [2.75, 3.05) is 46.8 Å². The van der Waals surface area contributed by atoms with Gasteiger partial charge in [-0.3, -0.25) is 4.79 Å². The summed E-state index contributed by atoms with van der Waals surface area (Å²) in [5.74, 6) is -0.548. The molecule has 2 fully saturated rings. The van der Waals surface area contributed by atoms with E-state index in [1.165, 1.54) is 35.7 Å². The molecule has 8 heteroatoms. The van der Waals surface area contributed by atoms with Crippen LogP contribution in [0.4, 0.5) is 4.39 Å². The lowest BCUT2D eigenvalue weighted by Crippen LogP contribution is -2.40. The molecule has 1 saturated carbocycles. The van der Waals surface area contributed by atoms with E-state index in [1.54, 1.807) is 0 Å². The first-order valence-electron chi connectivity index (χ1n) is 11.5. The van der Waals surface area contributed by atoms with Crippen LogP contribution in [0.15, 0.2) is 23.1 Å². The molecule has 1 aromatic rings. The van der Waals surface area contributed by atoms with E-state index in [2.05, 4.69) is 0 Å². The second kappa shape index (κ2) is 10.9. The number of hydrogen-bond donors (Lipinski definition) is 0. The van der Waals surface area contributed by atoms with E-state index in [9.17, 15) is 17.6 Å². The van der Waals surface area contributed by atoms with Crippen molar-refractivity contribution in [1.29, 1.82) is 0 Å². The molecule has 1 aliphatic heterocycles. The van der Waals surface area contributed by atoms with Crippen LogP contribution in [0, 0.1) is 11.7 Å². The van der Waals surface area contributed by atoms with E-state index < -0.39 is 15.8 Å². The summed E-state index contributed by atoms with van der Waals surface area (Å²) >= 11 is 0. The number of carbonyl (C=O) groups excluding carboxylic acids is 1. The number of benzene rings is 1. The highest BCUT2D eigenvalue weighted by Crippen LogP contribution is 2.27. The number of halogens is 1. The molecule has 1 heterocycles. The van der Waals surface area contributed by atoms with Crippen LogP contribution >= 0.6 is 0 Å². The van der Waals surface area contributed by atoms with Crippen molar-refractivity contribution in [2.45, 2.75) is 56.3 Å². The molecule has 1 saturated heterocycles. The van der Waals surface area contributed by atoms with Crippen molar-refractivity contribution < 1.29 is 17.6 Å². The molecular formula is C23H36FN3O3S. The van der Waals surface area contributed by atoms with Gasteiger partial charge in [-0.25, -0.2) is 12.8 Å². The third kappa shape index (κ3) is 6.26. The minimum Gasteiger partial charge on any atom is -0.337 e. The maximum absolute atomic E-state index is 14.6. The Balaban J connectivity index is 1.84. The van der Waals surface area contributed by atoms with Crippen molar-refractivity contribution in [3.8, 4) is 0 Å². The quantitative estimate of drug-likeness (QED) is 0.604. The zero-order valence-corrected chi connectivity index (χ0v) is 19.7. The number of rotatable bonds is 8. The molecule has 6 nitrogen and oxygen atoms in total. The normalized spacial score (nSPS) is 19.0. The zero-order chi connectivity index (χ0) is 22.4. The number of nitrogens with zero attached hydrogens (tertiary/aromatic N) is 3.